The lowest BCUT2D eigenvalue weighted by Gasteiger charge is -2.16. The molecule has 0 saturated heterocycles. The van der Waals surface area contributed by atoms with Crippen molar-refractivity contribution in [3.05, 3.63) is 75.2 Å². The molecule has 0 radical (unpaired) electrons. The normalized spacial score (nSPS) is 15.1. The fraction of sp³-hybridized carbons (Fsp3) is 0.227. The van der Waals surface area contributed by atoms with Gasteiger partial charge in [-0.05, 0) is 53.3 Å². The number of rotatable bonds is 4. The number of benzene rings is 1. The van der Waals surface area contributed by atoms with E-state index in [4.69, 9.17) is 5.10 Å². The van der Waals surface area contributed by atoms with Gasteiger partial charge in [0.25, 0.3) is 5.56 Å². The molecule has 3 heterocycles. The molecule has 148 valence electrons. The summed E-state index contributed by atoms with van der Waals surface area (Å²) in [4.78, 5) is 15.9. The van der Waals surface area contributed by atoms with E-state index >= 15 is 0 Å². The van der Waals surface area contributed by atoms with E-state index in [1.807, 2.05) is 35.0 Å². The van der Waals surface area contributed by atoms with Crippen molar-refractivity contribution in [1.82, 2.24) is 35.4 Å². The highest BCUT2D eigenvalue weighted by molar-refractivity contribution is 5.96. The van der Waals surface area contributed by atoms with Crippen molar-refractivity contribution in [3.8, 4) is 11.4 Å². The number of nitrogens with one attached hydrogen (secondary N) is 2. The summed E-state index contributed by atoms with van der Waals surface area (Å²) in [5.74, 6) is 0.620. The van der Waals surface area contributed by atoms with Crippen LogP contribution < -0.4 is 5.56 Å². The summed E-state index contributed by atoms with van der Waals surface area (Å²) in [7, 11) is 0. The Balaban J connectivity index is 1.50. The number of pyridine rings is 1. The third-order valence-corrected chi connectivity index (χ3v) is 5.93. The molecule has 0 atom stereocenters. The van der Waals surface area contributed by atoms with E-state index < -0.39 is 0 Å². The Morgan fingerprint density at radius 1 is 1.13 bits per heavy atom. The van der Waals surface area contributed by atoms with Crippen molar-refractivity contribution in [1.29, 1.82) is 0 Å². The standard InChI is InChI=1S/C22H19N7O/c30-22-17-10-2-1-9-16(17)18-19(14-6-4-7-14)26-29(21(18)23-22)12-13-5-3-8-15(11-13)20-24-27-28-25-20/h3-8,11H,1-2,9-10,12H2,(H,23,30)(H,24,25,27,28). The van der Waals surface area contributed by atoms with Crippen molar-refractivity contribution >= 4 is 16.6 Å². The van der Waals surface area contributed by atoms with E-state index in [2.05, 4.69) is 37.8 Å². The maximum absolute atomic E-state index is 12.8. The van der Waals surface area contributed by atoms with Crippen LogP contribution >= 0.6 is 0 Å². The Labute approximate surface area is 171 Å². The summed E-state index contributed by atoms with van der Waals surface area (Å²) in [6.45, 7) is 0.539. The number of hydrogen-bond acceptors (Lipinski definition) is 5. The average molecular weight is 397 g/mol. The fourth-order valence-corrected chi connectivity index (χ4v) is 4.43. The summed E-state index contributed by atoms with van der Waals surface area (Å²) in [6, 6.07) is 8.01. The minimum Gasteiger partial charge on any atom is -0.307 e. The topological polar surface area (TPSA) is 105 Å². The highest BCUT2D eigenvalue weighted by atomic mass is 16.1. The van der Waals surface area contributed by atoms with Crippen LogP contribution in [0.5, 0.6) is 0 Å². The molecule has 1 aromatic carbocycles. The van der Waals surface area contributed by atoms with E-state index in [0.717, 1.165) is 64.7 Å². The Bertz CT molecular complexity index is 1390. The molecular weight excluding hydrogens is 378 g/mol. The SMILES string of the molecule is O=c1[nH]c2c(c(C3=CC=C3)nn2Cc2cccc(-c3nnn[nH]3)c2)c2c1CCCC2. The zero-order valence-corrected chi connectivity index (χ0v) is 16.2. The lowest BCUT2D eigenvalue weighted by molar-refractivity contribution is 0.678. The van der Waals surface area contributed by atoms with Gasteiger partial charge in [-0.15, -0.1) is 5.10 Å². The van der Waals surface area contributed by atoms with Crippen LogP contribution in [0.3, 0.4) is 0 Å². The molecule has 0 spiro atoms. The smallest absolute Gasteiger partial charge is 0.253 e. The van der Waals surface area contributed by atoms with Gasteiger partial charge in [-0.2, -0.15) is 5.10 Å². The van der Waals surface area contributed by atoms with Gasteiger partial charge in [0.05, 0.1) is 6.54 Å². The van der Waals surface area contributed by atoms with Gasteiger partial charge >= 0.3 is 0 Å². The van der Waals surface area contributed by atoms with E-state index in [1.54, 1.807) is 0 Å². The molecule has 2 aliphatic rings. The first-order valence-corrected chi connectivity index (χ1v) is 10.1. The van der Waals surface area contributed by atoms with Crippen LogP contribution in [0.15, 0.2) is 47.3 Å². The van der Waals surface area contributed by atoms with Gasteiger partial charge in [-0.25, -0.2) is 9.78 Å². The van der Waals surface area contributed by atoms with Gasteiger partial charge in [-0.3, -0.25) is 4.79 Å². The highest BCUT2D eigenvalue weighted by Gasteiger charge is 2.24. The van der Waals surface area contributed by atoms with Crippen LogP contribution in [0.1, 0.15) is 35.2 Å². The van der Waals surface area contributed by atoms with E-state index in [1.165, 1.54) is 5.56 Å². The quantitative estimate of drug-likeness (QED) is 0.551. The summed E-state index contributed by atoms with van der Waals surface area (Å²) in [5.41, 5.74) is 6.94. The molecule has 0 unspecified atom stereocenters. The van der Waals surface area contributed by atoms with Crippen molar-refractivity contribution in [2.24, 2.45) is 0 Å². The second-order valence-electron chi connectivity index (χ2n) is 7.78. The van der Waals surface area contributed by atoms with Crippen LogP contribution in [0.25, 0.3) is 28.0 Å². The van der Waals surface area contributed by atoms with Gasteiger partial charge in [0.2, 0.25) is 0 Å². The third kappa shape index (κ3) is 2.64. The molecule has 0 fully saturated rings. The molecule has 0 bridgehead atoms. The number of aromatic nitrogens is 7. The molecule has 6 rings (SSSR count). The zero-order chi connectivity index (χ0) is 20.1. The summed E-state index contributed by atoms with van der Waals surface area (Å²) >= 11 is 0. The number of tetrazole rings is 1. The number of allylic oxidation sites excluding steroid dienone is 4. The second kappa shape index (κ2) is 6.62. The first-order chi connectivity index (χ1) is 14.8. The highest BCUT2D eigenvalue weighted by Crippen LogP contribution is 2.34. The van der Waals surface area contributed by atoms with Crippen LogP contribution in [0, 0.1) is 0 Å². The second-order valence-corrected chi connectivity index (χ2v) is 7.78. The minimum absolute atomic E-state index is 0.0181. The molecular formula is C22H19N7O. The first-order valence-electron chi connectivity index (χ1n) is 10.1. The summed E-state index contributed by atoms with van der Waals surface area (Å²) < 4.78 is 1.91. The van der Waals surface area contributed by atoms with Gasteiger partial charge in [0, 0.05) is 22.1 Å². The number of H-pyrrole nitrogens is 2. The number of fused-ring (bicyclic) bond motifs is 3. The van der Waals surface area contributed by atoms with Crippen LogP contribution in [0.4, 0.5) is 0 Å². The van der Waals surface area contributed by atoms with Crippen molar-refractivity contribution in [3.63, 3.8) is 0 Å². The summed E-state index contributed by atoms with van der Waals surface area (Å²) in [6.07, 6.45) is 10.1. The minimum atomic E-state index is 0.0181. The maximum atomic E-state index is 12.8. The molecule has 3 aromatic heterocycles. The fourth-order valence-electron chi connectivity index (χ4n) is 4.43. The molecule has 8 heteroatoms. The van der Waals surface area contributed by atoms with E-state index in [0.29, 0.717) is 12.4 Å². The Hall–Kier alpha value is -3.81. The lowest BCUT2D eigenvalue weighted by atomic mass is 9.89. The number of nitrogens with zero attached hydrogens (tertiary/aromatic N) is 5. The van der Waals surface area contributed by atoms with Gasteiger partial charge in [0.15, 0.2) is 5.82 Å². The Morgan fingerprint density at radius 2 is 2.00 bits per heavy atom. The molecule has 0 amide bonds. The molecule has 0 aliphatic heterocycles. The molecule has 0 saturated carbocycles. The number of aromatic amines is 2. The van der Waals surface area contributed by atoms with Gasteiger partial charge < -0.3 is 4.98 Å². The third-order valence-electron chi connectivity index (χ3n) is 5.93. The largest absolute Gasteiger partial charge is 0.307 e. The molecule has 2 N–H and O–H groups in total. The average Bonchev–Trinajstić information content (AvgIpc) is 3.37. The molecule has 2 aliphatic carbocycles. The Morgan fingerprint density at radius 3 is 2.77 bits per heavy atom. The van der Waals surface area contributed by atoms with Crippen molar-refractivity contribution < 1.29 is 0 Å². The summed E-state index contributed by atoms with van der Waals surface area (Å²) in [5, 5.41) is 20.1. The first kappa shape index (κ1) is 17.1. The van der Waals surface area contributed by atoms with E-state index in [9.17, 15) is 4.79 Å². The number of aryl methyl sites for hydroxylation is 1. The molecule has 4 aromatic rings. The van der Waals surface area contributed by atoms with Crippen molar-refractivity contribution in [2.75, 3.05) is 0 Å². The van der Waals surface area contributed by atoms with Crippen LogP contribution in [-0.4, -0.2) is 35.4 Å². The monoisotopic (exact) mass is 397 g/mol. The number of hydrogen-bond donors (Lipinski definition) is 2. The van der Waals surface area contributed by atoms with Crippen LogP contribution in [0.2, 0.25) is 0 Å². The zero-order valence-electron chi connectivity index (χ0n) is 16.2. The molecule has 8 nitrogen and oxygen atoms in total. The molecule has 30 heavy (non-hydrogen) atoms. The van der Waals surface area contributed by atoms with Gasteiger partial charge in [0.1, 0.15) is 11.3 Å². The lowest BCUT2D eigenvalue weighted by Crippen LogP contribution is -2.20. The predicted octanol–water partition coefficient (Wildman–Crippen LogP) is 2.79. The van der Waals surface area contributed by atoms with Crippen LogP contribution in [-0.2, 0) is 19.4 Å². The van der Waals surface area contributed by atoms with Crippen molar-refractivity contribution in [2.45, 2.75) is 32.2 Å². The van der Waals surface area contributed by atoms with Gasteiger partial charge in [-0.1, -0.05) is 36.4 Å². The maximum Gasteiger partial charge on any atom is 0.253 e. The Kier molecular flexibility index (Phi) is 3.77. The van der Waals surface area contributed by atoms with E-state index in [-0.39, 0.29) is 5.56 Å². The predicted molar refractivity (Wildman–Crippen MR) is 113 cm³/mol.